The number of nitrogens with one attached hydrogen (secondary N) is 1. The zero-order valence-electron chi connectivity index (χ0n) is 10.9. The molecule has 0 aromatic heterocycles. The molecule has 0 aromatic carbocycles. The molecule has 7 nitrogen and oxygen atoms in total. The predicted molar refractivity (Wildman–Crippen MR) is 63.0 cm³/mol. The van der Waals surface area contributed by atoms with E-state index in [1.807, 2.05) is 13.8 Å². The van der Waals surface area contributed by atoms with Crippen molar-refractivity contribution in [2.24, 2.45) is 0 Å². The molecule has 17 heavy (non-hydrogen) atoms. The van der Waals surface area contributed by atoms with E-state index in [1.165, 1.54) is 13.8 Å². The van der Waals surface area contributed by atoms with E-state index in [2.05, 4.69) is 15.1 Å². The van der Waals surface area contributed by atoms with Crippen molar-refractivity contribution in [3.8, 4) is 0 Å². The van der Waals surface area contributed by atoms with Crippen LogP contribution in [0.1, 0.15) is 27.7 Å². The molecule has 1 N–H and O–H groups in total. The average Bonchev–Trinajstić information content (AvgIpc) is 2.22. The third kappa shape index (κ3) is 6.06. The molecule has 7 heteroatoms. The molecule has 0 fully saturated rings. The van der Waals surface area contributed by atoms with Crippen molar-refractivity contribution in [1.29, 1.82) is 0 Å². The summed E-state index contributed by atoms with van der Waals surface area (Å²) in [6.07, 6.45) is 0. The molecule has 0 rings (SSSR count). The first-order valence-electron chi connectivity index (χ1n) is 5.67. The van der Waals surface area contributed by atoms with Crippen LogP contribution in [-0.2, 0) is 9.63 Å². The second-order valence-corrected chi connectivity index (χ2v) is 4.11. The number of nitrogens with zero attached hydrogens (tertiary/aromatic N) is 2. The van der Waals surface area contributed by atoms with E-state index >= 15 is 0 Å². The first kappa shape index (κ1) is 15.6. The van der Waals surface area contributed by atoms with Crippen LogP contribution in [0.5, 0.6) is 0 Å². The lowest BCUT2D eigenvalue weighted by Gasteiger charge is -2.23. The lowest BCUT2D eigenvalue weighted by molar-refractivity contribution is -0.774. The molecule has 0 bridgehead atoms. The summed E-state index contributed by atoms with van der Waals surface area (Å²) in [5, 5.41) is 11.9. The minimum absolute atomic E-state index is 0.449. The van der Waals surface area contributed by atoms with Crippen LogP contribution in [0, 0.1) is 10.1 Å². The van der Waals surface area contributed by atoms with E-state index in [4.69, 9.17) is 0 Å². The second-order valence-electron chi connectivity index (χ2n) is 4.11. The van der Waals surface area contributed by atoms with Crippen molar-refractivity contribution in [1.82, 2.24) is 10.2 Å². The summed E-state index contributed by atoms with van der Waals surface area (Å²) < 4.78 is 0. The van der Waals surface area contributed by atoms with Crippen LogP contribution in [-0.4, -0.2) is 47.7 Å². The van der Waals surface area contributed by atoms with Gasteiger partial charge in [-0.3, -0.25) is 9.63 Å². The predicted octanol–water partition coefficient (Wildman–Crippen LogP) is 0.431. The molecule has 0 aromatic rings. The molecule has 0 aliphatic heterocycles. The smallest absolute Gasteiger partial charge is 0.295 e. The fourth-order valence-corrected chi connectivity index (χ4v) is 1.31. The van der Waals surface area contributed by atoms with Gasteiger partial charge in [0.05, 0.1) is 0 Å². The van der Waals surface area contributed by atoms with Crippen LogP contribution < -0.4 is 5.32 Å². The number of hydrogen-bond donors (Lipinski definition) is 1. The normalized spacial score (nSPS) is 11.4. The molecule has 0 spiro atoms. The van der Waals surface area contributed by atoms with E-state index in [1.54, 1.807) is 0 Å². The van der Waals surface area contributed by atoms with E-state index in [0.29, 0.717) is 13.1 Å². The van der Waals surface area contributed by atoms with E-state index < -0.39 is 16.6 Å². The largest absolute Gasteiger partial charge is 0.353 e. The van der Waals surface area contributed by atoms with E-state index in [9.17, 15) is 14.9 Å². The fraction of sp³-hybridized carbons (Fsp3) is 0.900. The van der Waals surface area contributed by atoms with Crippen molar-refractivity contribution in [2.75, 3.05) is 26.2 Å². The summed E-state index contributed by atoms with van der Waals surface area (Å²) in [5.41, 5.74) is -1.45. The van der Waals surface area contributed by atoms with Gasteiger partial charge in [-0.15, -0.1) is 10.1 Å². The summed E-state index contributed by atoms with van der Waals surface area (Å²) in [5.74, 6) is -0.485. The van der Waals surface area contributed by atoms with Crippen molar-refractivity contribution in [2.45, 2.75) is 33.3 Å². The van der Waals surface area contributed by atoms with Gasteiger partial charge in [0.25, 0.3) is 11.0 Å². The molecule has 0 atom stereocenters. The van der Waals surface area contributed by atoms with Crippen LogP contribution in [0.3, 0.4) is 0 Å². The Labute approximate surface area is 101 Å². The van der Waals surface area contributed by atoms with Crippen molar-refractivity contribution >= 4 is 5.91 Å². The summed E-state index contributed by atoms with van der Waals surface area (Å²) in [7, 11) is 0. The van der Waals surface area contributed by atoms with E-state index in [-0.39, 0.29) is 0 Å². The highest BCUT2D eigenvalue weighted by Gasteiger charge is 2.31. The third-order valence-corrected chi connectivity index (χ3v) is 2.46. The Balaban J connectivity index is 4.04. The SMILES string of the molecule is CCN(CC)CCNC(=O)C(C)(C)O[N+](=O)[O-]. The highest BCUT2D eigenvalue weighted by Crippen LogP contribution is 2.08. The standard InChI is InChI=1S/C10H21N3O4/c1-5-12(6-2)8-7-11-9(14)10(3,4)17-13(15)16/h5-8H2,1-4H3,(H,11,14). The van der Waals surface area contributed by atoms with Gasteiger partial charge in [-0.2, -0.15) is 0 Å². The number of rotatable bonds is 8. The second kappa shape index (κ2) is 7.05. The van der Waals surface area contributed by atoms with Gasteiger partial charge in [0.1, 0.15) is 0 Å². The molecule has 100 valence electrons. The lowest BCUT2D eigenvalue weighted by atomic mass is 10.1. The average molecular weight is 247 g/mol. The Morgan fingerprint density at radius 3 is 2.35 bits per heavy atom. The first-order valence-corrected chi connectivity index (χ1v) is 5.67. The third-order valence-electron chi connectivity index (χ3n) is 2.46. The Morgan fingerprint density at radius 2 is 1.94 bits per heavy atom. The molecular formula is C10H21N3O4. The van der Waals surface area contributed by atoms with Crippen molar-refractivity contribution in [3.63, 3.8) is 0 Å². The number of carbonyl (C=O) groups excluding carboxylic acids is 1. The van der Waals surface area contributed by atoms with Gasteiger partial charge < -0.3 is 10.2 Å². The van der Waals surface area contributed by atoms with Crippen LogP contribution in [0.4, 0.5) is 0 Å². The number of amides is 1. The Hall–Kier alpha value is -1.37. The molecule has 0 saturated heterocycles. The first-order chi connectivity index (χ1) is 7.83. The molecule has 0 radical (unpaired) electrons. The quantitative estimate of drug-likeness (QED) is 0.496. The van der Waals surface area contributed by atoms with E-state index in [0.717, 1.165) is 13.1 Å². The van der Waals surface area contributed by atoms with Crippen LogP contribution in [0.25, 0.3) is 0 Å². The Bertz CT molecular complexity index is 264. The zero-order valence-corrected chi connectivity index (χ0v) is 10.9. The van der Waals surface area contributed by atoms with Gasteiger partial charge in [0.2, 0.25) is 0 Å². The number of likely N-dealkylation sites (N-methyl/N-ethyl adjacent to an activating group) is 1. The molecule has 1 amide bonds. The van der Waals surface area contributed by atoms with Gasteiger partial charge in [0, 0.05) is 13.1 Å². The highest BCUT2D eigenvalue weighted by atomic mass is 17.0. The fourth-order valence-electron chi connectivity index (χ4n) is 1.31. The zero-order chi connectivity index (χ0) is 13.5. The van der Waals surface area contributed by atoms with Gasteiger partial charge in [-0.1, -0.05) is 13.8 Å². The summed E-state index contributed by atoms with van der Waals surface area (Å²) in [4.78, 5) is 28.2. The molecule has 0 heterocycles. The van der Waals surface area contributed by atoms with Gasteiger partial charge >= 0.3 is 0 Å². The molecule has 0 unspecified atom stereocenters. The van der Waals surface area contributed by atoms with Gasteiger partial charge in [-0.25, -0.2) is 0 Å². The molecular weight excluding hydrogens is 226 g/mol. The minimum atomic E-state index is -1.45. The lowest BCUT2D eigenvalue weighted by Crippen LogP contribution is -2.47. The summed E-state index contributed by atoms with van der Waals surface area (Å²) in [6.45, 7) is 9.77. The summed E-state index contributed by atoms with van der Waals surface area (Å²) in [6, 6.07) is 0. The van der Waals surface area contributed by atoms with Crippen LogP contribution in [0.2, 0.25) is 0 Å². The topological polar surface area (TPSA) is 84.7 Å². The maximum atomic E-state index is 11.6. The van der Waals surface area contributed by atoms with Crippen molar-refractivity contribution < 1.29 is 14.7 Å². The van der Waals surface area contributed by atoms with Gasteiger partial charge in [0.15, 0.2) is 5.60 Å². The van der Waals surface area contributed by atoms with Crippen LogP contribution in [0.15, 0.2) is 0 Å². The minimum Gasteiger partial charge on any atom is -0.353 e. The maximum absolute atomic E-state index is 11.6. The maximum Gasteiger partial charge on any atom is 0.295 e. The van der Waals surface area contributed by atoms with Gasteiger partial charge in [-0.05, 0) is 26.9 Å². The Morgan fingerprint density at radius 1 is 1.41 bits per heavy atom. The number of hydrogen-bond acceptors (Lipinski definition) is 5. The molecule has 0 aliphatic carbocycles. The Kier molecular flexibility index (Phi) is 6.48. The highest BCUT2D eigenvalue weighted by molar-refractivity contribution is 5.84. The number of carbonyl (C=O) groups is 1. The van der Waals surface area contributed by atoms with Crippen molar-refractivity contribution in [3.05, 3.63) is 10.1 Å². The monoisotopic (exact) mass is 247 g/mol. The summed E-state index contributed by atoms with van der Waals surface area (Å²) >= 11 is 0. The molecule has 0 saturated carbocycles. The molecule has 0 aliphatic rings. The van der Waals surface area contributed by atoms with Crippen LogP contribution >= 0.6 is 0 Å².